The van der Waals surface area contributed by atoms with Gasteiger partial charge in [-0.15, -0.1) is 0 Å². The molecule has 0 aliphatic rings. The summed E-state index contributed by atoms with van der Waals surface area (Å²) in [5, 5.41) is 0.619. The molecule has 0 heterocycles. The van der Waals surface area contributed by atoms with Gasteiger partial charge in [0, 0.05) is 20.6 Å². The van der Waals surface area contributed by atoms with Crippen molar-refractivity contribution in [2.75, 3.05) is 0 Å². The van der Waals surface area contributed by atoms with Crippen LogP contribution in [0.15, 0.2) is 40.9 Å². The smallest absolute Gasteiger partial charge is 0.193 e. The number of ketones is 1. The molecule has 3 heteroatoms. The van der Waals surface area contributed by atoms with Gasteiger partial charge >= 0.3 is 0 Å². The van der Waals surface area contributed by atoms with E-state index in [0.29, 0.717) is 16.1 Å². The van der Waals surface area contributed by atoms with Crippen molar-refractivity contribution < 1.29 is 4.79 Å². The zero-order valence-electron chi connectivity index (χ0n) is 10.1. The minimum atomic E-state index is -0.00398. The number of aryl methyl sites for hydroxylation is 1. The normalized spacial score (nSPS) is 10.4. The zero-order valence-corrected chi connectivity index (χ0v) is 12.5. The van der Waals surface area contributed by atoms with E-state index in [1.54, 1.807) is 6.07 Å². The Morgan fingerprint density at radius 3 is 2.56 bits per heavy atom. The van der Waals surface area contributed by atoms with Crippen LogP contribution in [0.2, 0.25) is 5.02 Å². The molecular formula is C15H12BrClO. The van der Waals surface area contributed by atoms with Crippen LogP contribution in [-0.2, 0) is 0 Å². The Morgan fingerprint density at radius 1 is 1.17 bits per heavy atom. The highest BCUT2D eigenvalue weighted by molar-refractivity contribution is 9.10. The Kier molecular flexibility index (Phi) is 3.88. The van der Waals surface area contributed by atoms with Gasteiger partial charge in [-0.1, -0.05) is 51.8 Å². The third-order valence-corrected chi connectivity index (χ3v) is 4.21. The second-order valence-electron chi connectivity index (χ2n) is 4.21. The van der Waals surface area contributed by atoms with E-state index in [-0.39, 0.29) is 5.78 Å². The summed E-state index contributed by atoms with van der Waals surface area (Å²) < 4.78 is 0.937. The van der Waals surface area contributed by atoms with Crippen molar-refractivity contribution in [1.29, 1.82) is 0 Å². The van der Waals surface area contributed by atoms with Crippen molar-refractivity contribution >= 4 is 33.3 Å². The van der Waals surface area contributed by atoms with Gasteiger partial charge in [0.1, 0.15) is 0 Å². The Labute approximate surface area is 120 Å². The molecule has 92 valence electrons. The predicted molar refractivity (Wildman–Crippen MR) is 78.5 cm³/mol. The molecule has 0 saturated heterocycles. The fourth-order valence-electron chi connectivity index (χ4n) is 1.74. The van der Waals surface area contributed by atoms with Crippen LogP contribution in [0.5, 0.6) is 0 Å². The summed E-state index contributed by atoms with van der Waals surface area (Å²) in [6.45, 7) is 3.84. The summed E-state index contributed by atoms with van der Waals surface area (Å²) in [6.07, 6.45) is 0. The minimum Gasteiger partial charge on any atom is -0.289 e. The number of halogens is 2. The van der Waals surface area contributed by atoms with E-state index in [0.717, 1.165) is 15.6 Å². The van der Waals surface area contributed by atoms with Crippen molar-refractivity contribution in [1.82, 2.24) is 0 Å². The molecule has 1 nitrogen and oxygen atoms in total. The van der Waals surface area contributed by atoms with Gasteiger partial charge < -0.3 is 0 Å². The molecule has 0 aliphatic heterocycles. The summed E-state index contributed by atoms with van der Waals surface area (Å²) in [5.74, 6) is -0.00398. The zero-order chi connectivity index (χ0) is 13.3. The molecule has 0 spiro atoms. The quantitative estimate of drug-likeness (QED) is 0.715. The molecule has 0 bridgehead atoms. The highest BCUT2D eigenvalue weighted by Gasteiger charge is 2.13. The molecule has 2 rings (SSSR count). The number of carbonyl (C=O) groups is 1. The lowest BCUT2D eigenvalue weighted by molar-refractivity contribution is 0.103. The van der Waals surface area contributed by atoms with Crippen molar-refractivity contribution in [3.8, 4) is 0 Å². The molecule has 0 amide bonds. The van der Waals surface area contributed by atoms with Crippen LogP contribution >= 0.6 is 27.5 Å². The lowest BCUT2D eigenvalue weighted by Gasteiger charge is -2.07. The molecule has 0 saturated carbocycles. The molecule has 0 unspecified atom stereocenters. The van der Waals surface area contributed by atoms with Crippen LogP contribution in [0.1, 0.15) is 27.0 Å². The first-order valence-electron chi connectivity index (χ1n) is 5.56. The molecule has 0 N–H and O–H groups in total. The Morgan fingerprint density at radius 2 is 1.89 bits per heavy atom. The molecule has 0 radical (unpaired) electrons. The van der Waals surface area contributed by atoms with Crippen molar-refractivity contribution in [3.05, 3.63) is 68.1 Å². The van der Waals surface area contributed by atoms with Crippen LogP contribution in [0.4, 0.5) is 0 Å². The van der Waals surface area contributed by atoms with E-state index < -0.39 is 0 Å². The summed E-state index contributed by atoms with van der Waals surface area (Å²) in [4.78, 5) is 12.4. The van der Waals surface area contributed by atoms with Gasteiger partial charge in [0.25, 0.3) is 0 Å². The number of rotatable bonds is 2. The fraction of sp³-hybridized carbons (Fsp3) is 0.133. The van der Waals surface area contributed by atoms with E-state index in [4.69, 9.17) is 11.6 Å². The number of hydrogen-bond acceptors (Lipinski definition) is 1. The highest BCUT2D eigenvalue weighted by atomic mass is 79.9. The maximum absolute atomic E-state index is 12.4. The van der Waals surface area contributed by atoms with E-state index in [9.17, 15) is 4.79 Å². The van der Waals surface area contributed by atoms with Crippen LogP contribution in [0.25, 0.3) is 0 Å². The molecule has 0 fully saturated rings. The van der Waals surface area contributed by atoms with E-state index in [1.165, 1.54) is 0 Å². The predicted octanol–water partition coefficient (Wildman–Crippen LogP) is 4.95. The molecule has 0 atom stereocenters. The maximum atomic E-state index is 12.4. The van der Waals surface area contributed by atoms with Gasteiger partial charge in [0.2, 0.25) is 0 Å². The number of hydrogen-bond donors (Lipinski definition) is 0. The second-order valence-corrected chi connectivity index (χ2v) is 5.47. The second kappa shape index (κ2) is 5.25. The van der Waals surface area contributed by atoms with Crippen molar-refractivity contribution in [2.24, 2.45) is 0 Å². The maximum Gasteiger partial charge on any atom is 0.193 e. The summed E-state index contributed by atoms with van der Waals surface area (Å²) in [7, 11) is 0. The highest BCUT2D eigenvalue weighted by Crippen LogP contribution is 2.24. The van der Waals surface area contributed by atoms with Gasteiger partial charge in [-0.25, -0.2) is 0 Å². The van der Waals surface area contributed by atoms with Gasteiger partial charge in [-0.3, -0.25) is 4.79 Å². The average molecular weight is 324 g/mol. The SMILES string of the molecule is Cc1ccc(C(=O)c2cccc(Br)c2C)cc1Cl. The van der Waals surface area contributed by atoms with E-state index in [2.05, 4.69) is 15.9 Å². The third-order valence-electron chi connectivity index (χ3n) is 2.95. The molecule has 0 aliphatic carbocycles. The summed E-state index contributed by atoms with van der Waals surface area (Å²) >= 11 is 9.49. The van der Waals surface area contributed by atoms with Gasteiger partial charge in [0.15, 0.2) is 5.78 Å². The molecule has 2 aromatic carbocycles. The van der Waals surface area contributed by atoms with Gasteiger partial charge in [-0.2, -0.15) is 0 Å². The van der Waals surface area contributed by atoms with Crippen LogP contribution < -0.4 is 0 Å². The van der Waals surface area contributed by atoms with Crippen molar-refractivity contribution in [2.45, 2.75) is 13.8 Å². The first-order valence-corrected chi connectivity index (χ1v) is 6.74. The summed E-state index contributed by atoms with van der Waals surface area (Å²) in [5.41, 5.74) is 3.23. The molecular weight excluding hydrogens is 312 g/mol. The monoisotopic (exact) mass is 322 g/mol. The topological polar surface area (TPSA) is 17.1 Å². The Balaban J connectivity index is 2.48. The molecule has 2 aromatic rings. The minimum absolute atomic E-state index is 0.00398. The lowest BCUT2D eigenvalue weighted by atomic mass is 9.98. The number of benzene rings is 2. The van der Waals surface area contributed by atoms with Crippen molar-refractivity contribution in [3.63, 3.8) is 0 Å². The van der Waals surface area contributed by atoms with Crippen LogP contribution in [0.3, 0.4) is 0 Å². The van der Waals surface area contributed by atoms with E-state index >= 15 is 0 Å². The average Bonchev–Trinajstić information content (AvgIpc) is 2.35. The first-order chi connectivity index (χ1) is 8.50. The van der Waals surface area contributed by atoms with Gasteiger partial charge in [0.05, 0.1) is 0 Å². The first kappa shape index (κ1) is 13.3. The lowest BCUT2D eigenvalue weighted by Crippen LogP contribution is -2.04. The van der Waals surface area contributed by atoms with Gasteiger partial charge in [-0.05, 0) is 37.1 Å². The third kappa shape index (κ3) is 2.50. The Hall–Kier alpha value is -1.12. The van der Waals surface area contributed by atoms with Crippen LogP contribution in [-0.4, -0.2) is 5.78 Å². The largest absolute Gasteiger partial charge is 0.289 e. The molecule has 0 aromatic heterocycles. The summed E-state index contributed by atoms with van der Waals surface area (Å²) in [6, 6.07) is 11.0. The van der Waals surface area contributed by atoms with E-state index in [1.807, 2.05) is 44.2 Å². The van der Waals surface area contributed by atoms with Crippen LogP contribution in [0, 0.1) is 13.8 Å². The Bertz CT molecular complexity index is 620. The fourth-order valence-corrected chi connectivity index (χ4v) is 2.29. The number of carbonyl (C=O) groups excluding carboxylic acids is 1. The standard InChI is InChI=1S/C15H12BrClO/c1-9-6-7-11(8-14(9)17)15(18)12-4-3-5-13(16)10(12)2/h3-8H,1-2H3. The molecule has 18 heavy (non-hydrogen) atoms.